The summed E-state index contributed by atoms with van der Waals surface area (Å²) in [7, 11) is -3.57. The van der Waals surface area contributed by atoms with Crippen LogP contribution in [0.4, 0.5) is 0 Å². The van der Waals surface area contributed by atoms with E-state index in [0.29, 0.717) is 31.3 Å². The van der Waals surface area contributed by atoms with E-state index in [1.54, 1.807) is 18.3 Å². The van der Waals surface area contributed by atoms with Gasteiger partial charge in [0.25, 0.3) is 0 Å². The molecular weight excluding hydrogens is 330 g/mol. The number of imidazole rings is 1. The first-order chi connectivity index (χ1) is 11.6. The SMILES string of the molecule is O=S(=O)(NCC1CCn2ccnc2C1)c1ccc2c(c1)OCCO2. The second-order valence-electron chi connectivity index (χ2n) is 6.05. The van der Waals surface area contributed by atoms with Crippen LogP contribution in [-0.4, -0.2) is 37.7 Å². The predicted molar refractivity (Wildman–Crippen MR) is 86.7 cm³/mol. The number of fused-ring (bicyclic) bond motifs is 2. The standard InChI is InChI=1S/C16H19N3O4S/c20-24(21,13-1-2-14-15(10-13)23-8-7-22-14)18-11-12-3-5-19-6-4-17-16(19)9-12/h1-2,4,6,10,12,18H,3,5,7-9,11H2. The van der Waals surface area contributed by atoms with E-state index in [1.807, 2.05) is 6.20 Å². The van der Waals surface area contributed by atoms with Gasteiger partial charge in [0.2, 0.25) is 10.0 Å². The molecule has 1 aromatic carbocycles. The minimum absolute atomic E-state index is 0.198. The number of benzene rings is 1. The average molecular weight is 349 g/mol. The van der Waals surface area contributed by atoms with Crippen molar-refractivity contribution in [2.75, 3.05) is 19.8 Å². The zero-order valence-electron chi connectivity index (χ0n) is 13.1. The minimum Gasteiger partial charge on any atom is -0.486 e. The van der Waals surface area contributed by atoms with Gasteiger partial charge in [0.05, 0.1) is 4.90 Å². The van der Waals surface area contributed by atoms with Crippen LogP contribution in [0.25, 0.3) is 0 Å². The monoisotopic (exact) mass is 349 g/mol. The van der Waals surface area contributed by atoms with Gasteiger partial charge in [-0.2, -0.15) is 0 Å². The van der Waals surface area contributed by atoms with Crippen LogP contribution in [0, 0.1) is 5.92 Å². The summed E-state index contributed by atoms with van der Waals surface area (Å²) in [5, 5.41) is 0. The Morgan fingerprint density at radius 1 is 1.25 bits per heavy atom. The van der Waals surface area contributed by atoms with Crippen molar-refractivity contribution in [2.24, 2.45) is 5.92 Å². The van der Waals surface area contributed by atoms with Gasteiger partial charge in [0.15, 0.2) is 11.5 Å². The fourth-order valence-corrected chi connectivity index (χ4v) is 4.22. The molecule has 128 valence electrons. The van der Waals surface area contributed by atoms with Crippen molar-refractivity contribution in [3.63, 3.8) is 0 Å². The van der Waals surface area contributed by atoms with Gasteiger partial charge in [-0.1, -0.05) is 0 Å². The topological polar surface area (TPSA) is 82.5 Å². The van der Waals surface area contributed by atoms with Crippen molar-refractivity contribution < 1.29 is 17.9 Å². The third-order valence-electron chi connectivity index (χ3n) is 4.44. The molecule has 2 aliphatic heterocycles. The molecule has 7 nitrogen and oxygen atoms in total. The maximum Gasteiger partial charge on any atom is 0.240 e. The molecule has 24 heavy (non-hydrogen) atoms. The van der Waals surface area contributed by atoms with E-state index in [9.17, 15) is 8.42 Å². The molecular formula is C16H19N3O4S. The number of nitrogens with one attached hydrogen (secondary N) is 1. The molecule has 1 atom stereocenters. The summed E-state index contributed by atoms with van der Waals surface area (Å²) in [6.07, 6.45) is 5.48. The molecule has 0 saturated carbocycles. The molecule has 1 unspecified atom stereocenters. The van der Waals surface area contributed by atoms with E-state index in [4.69, 9.17) is 9.47 Å². The fourth-order valence-electron chi connectivity index (χ4n) is 3.09. The number of rotatable bonds is 4. The Balaban J connectivity index is 1.44. The minimum atomic E-state index is -3.57. The summed E-state index contributed by atoms with van der Waals surface area (Å²) >= 11 is 0. The van der Waals surface area contributed by atoms with Crippen molar-refractivity contribution >= 4 is 10.0 Å². The molecule has 0 radical (unpaired) electrons. The van der Waals surface area contributed by atoms with Crippen LogP contribution < -0.4 is 14.2 Å². The van der Waals surface area contributed by atoms with E-state index in [2.05, 4.69) is 14.3 Å². The molecule has 0 spiro atoms. The molecule has 3 heterocycles. The summed E-state index contributed by atoms with van der Waals surface area (Å²) in [6, 6.07) is 4.70. The fraction of sp³-hybridized carbons (Fsp3) is 0.438. The first-order valence-corrected chi connectivity index (χ1v) is 9.49. The average Bonchev–Trinajstić information content (AvgIpc) is 3.07. The highest BCUT2D eigenvalue weighted by Gasteiger charge is 2.23. The molecule has 4 rings (SSSR count). The molecule has 2 aliphatic rings. The second kappa shape index (κ2) is 6.10. The second-order valence-corrected chi connectivity index (χ2v) is 7.82. The van der Waals surface area contributed by atoms with Crippen LogP contribution in [-0.2, 0) is 23.0 Å². The van der Waals surface area contributed by atoms with E-state index in [1.165, 1.54) is 6.07 Å². The van der Waals surface area contributed by atoms with Crippen LogP contribution in [0.5, 0.6) is 11.5 Å². The van der Waals surface area contributed by atoms with Crippen molar-refractivity contribution in [3.8, 4) is 11.5 Å². The molecule has 1 aromatic heterocycles. The van der Waals surface area contributed by atoms with Gasteiger partial charge in [0.1, 0.15) is 19.0 Å². The number of aromatic nitrogens is 2. The predicted octanol–water partition coefficient (Wildman–Crippen LogP) is 1.20. The van der Waals surface area contributed by atoms with E-state index in [-0.39, 0.29) is 10.8 Å². The lowest BCUT2D eigenvalue weighted by Crippen LogP contribution is -2.33. The van der Waals surface area contributed by atoms with Crippen molar-refractivity contribution in [1.29, 1.82) is 0 Å². The maximum absolute atomic E-state index is 12.5. The lowest BCUT2D eigenvalue weighted by molar-refractivity contribution is 0.171. The third-order valence-corrected chi connectivity index (χ3v) is 5.86. The summed E-state index contributed by atoms with van der Waals surface area (Å²) in [6.45, 7) is 2.20. The van der Waals surface area contributed by atoms with E-state index >= 15 is 0 Å². The molecule has 0 fully saturated rings. The van der Waals surface area contributed by atoms with Crippen LogP contribution in [0.3, 0.4) is 0 Å². The van der Waals surface area contributed by atoms with Gasteiger partial charge in [-0.3, -0.25) is 0 Å². The zero-order chi connectivity index (χ0) is 16.6. The van der Waals surface area contributed by atoms with E-state index in [0.717, 1.165) is 25.2 Å². The van der Waals surface area contributed by atoms with Gasteiger partial charge >= 0.3 is 0 Å². The number of ether oxygens (including phenoxy) is 2. The third kappa shape index (κ3) is 2.99. The van der Waals surface area contributed by atoms with Gasteiger partial charge in [-0.05, 0) is 24.5 Å². The Morgan fingerprint density at radius 2 is 2.08 bits per heavy atom. The van der Waals surface area contributed by atoms with Gasteiger partial charge in [-0.25, -0.2) is 18.1 Å². The van der Waals surface area contributed by atoms with Gasteiger partial charge < -0.3 is 14.0 Å². The zero-order valence-corrected chi connectivity index (χ0v) is 14.0. The highest BCUT2D eigenvalue weighted by molar-refractivity contribution is 7.89. The summed E-state index contributed by atoms with van der Waals surface area (Å²) in [4.78, 5) is 4.51. The van der Waals surface area contributed by atoms with Crippen LogP contribution in [0.2, 0.25) is 0 Å². The smallest absolute Gasteiger partial charge is 0.240 e. The Kier molecular flexibility index (Phi) is 3.93. The molecule has 0 bridgehead atoms. The van der Waals surface area contributed by atoms with Crippen molar-refractivity contribution in [3.05, 3.63) is 36.4 Å². The Labute approximate surface area is 140 Å². The quantitative estimate of drug-likeness (QED) is 0.897. The van der Waals surface area contributed by atoms with Crippen molar-refractivity contribution in [1.82, 2.24) is 14.3 Å². The Hall–Kier alpha value is -2.06. The molecule has 2 aromatic rings. The summed E-state index contributed by atoms with van der Waals surface area (Å²) in [5.41, 5.74) is 0. The molecule has 1 N–H and O–H groups in total. The van der Waals surface area contributed by atoms with Gasteiger partial charge in [-0.15, -0.1) is 0 Å². The lowest BCUT2D eigenvalue weighted by atomic mass is 9.98. The Bertz CT molecular complexity index is 847. The molecule has 0 aliphatic carbocycles. The van der Waals surface area contributed by atoms with Crippen LogP contribution in [0.15, 0.2) is 35.5 Å². The Morgan fingerprint density at radius 3 is 2.96 bits per heavy atom. The number of hydrogen-bond donors (Lipinski definition) is 1. The molecule has 0 saturated heterocycles. The van der Waals surface area contributed by atoms with Crippen LogP contribution in [0.1, 0.15) is 12.2 Å². The normalized spacial score (nSPS) is 19.8. The summed E-state index contributed by atoms with van der Waals surface area (Å²) in [5.74, 6) is 2.33. The first-order valence-electron chi connectivity index (χ1n) is 8.01. The first kappa shape index (κ1) is 15.5. The summed E-state index contributed by atoms with van der Waals surface area (Å²) < 4.78 is 40.8. The number of aryl methyl sites for hydroxylation is 1. The number of hydrogen-bond acceptors (Lipinski definition) is 5. The maximum atomic E-state index is 12.5. The van der Waals surface area contributed by atoms with Gasteiger partial charge in [0, 0.05) is 38.0 Å². The van der Waals surface area contributed by atoms with Crippen LogP contribution >= 0.6 is 0 Å². The number of nitrogens with zero attached hydrogens (tertiary/aromatic N) is 2. The largest absolute Gasteiger partial charge is 0.486 e. The van der Waals surface area contributed by atoms with E-state index < -0.39 is 10.0 Å². The number of sulfonamides is 1. The lowest BCUT2D eigenvalue weighted by Gasteiger charge is -2.23. The molecule has 0 amide bonds. The highest BCUT2D eigenvalue weighted by Crippen LogP contribution is 2.32. The van der Waals surface area contributed by atoms with Crippen molar-refractivity contribution in [2.45, 2.75) is 24.3 Å². The highest BCUT2D eigenvalue weighted by atomic mass is 32.2. The molecule has 8 heteroatoms.